The van der Waals surface area contributed by atoms with Gasteiger partial charge in [0.2, 0.25) is 0 Å². The lowest BCUT2D eigenvalue weighted by atomic mass is 10.1. The van der Waals surface area contributed by atoms with E-state index in [1.165, 1.54) is 18.2 Å². The Balaban J connectivity index is 2.53. The van der Waals surface area contributed by atoms with Gasteiger partial charge >= 0.3 is 0 Å². The van der Waals surface area contributed by atoms with Gasteiger partial charge in [0.1, 0.15) is 5.02 Å². The van der Waals surface area contributed by atoms with Gasteiger partial charge in [0, 0.05) is 23.4 Å². The number of rotatable bonds is 2. The van der Waals surface area contributed by atoms with Gasteiger partial charge in [0.05, 0.1) is 4.92 Å². The predicted octanol–water partition coefficient (Wildman–Crippen LogP) is 2.60. The number of benzene rings is 1. The van der Waals surface area contributed by atoms with Crippen molar-refractivity contribution in [2.75, 3.05) is 0 Å². The molecule has 0 aliphatic heterocycles. The molecule has 0 aliphatic rings. The van der Waals surface area contributed by atoms with Crippen LogP contribution in [0.3, 0.4) is 0 Å². The fraction of sp³-hybridized carbons (Fsp3) is 0. The van der Waals surface area contributed by atoms with E-state index >= 15 is 0 Å². The summed E-state index contributed by atoms with van der Waals surface area (Å²) >= 11 is 5.60. The first-order valence-corrected chi connectivity index (χ1v) is 5.09. The highest BCUT2D eigenvalue weighted by atomic mass is 35.5. The van der Waals surface area contributed by atoms with Crippen molar-refractivity contribution in [1.29, 1.82) is 0 Å². The van der Waals surface area contributed by atoms with E-state index in [2.05, 4.69) is 4.98 Å². The van der Waals surface area contributed by atoms with Gasteiger partial charge in [-0.15, -0.1) is 0 Å². The van der Waals surface area contributed by atoms with E-state index in [9.17, 15) is 14.9 Å². The highest BCUT2D eigenvalue weighted by Crippen LogP contribution is 2.21. The Hall–Kier alpha value is -2.14. The van der Waals surface area contributed by atoms with Crippen molar-refractivity contribution in [2.24, 2.45) is 0 Å². The first-order chi connectivity index (χ1) is 8.08. The quantitative estimate of drug-likeness (QED) is 0.657. The molecule has 0 amide bonds. The summed E-state index contributed by atoms with van der Waals surface area (Å²) in [6.07, 6.45) is 0. The Morgan fingerprint density at radius 3 is 2.65 bits per heavy atom. The van der Waals surface area contributed by atoms with Crippen molar-refractivity contribution in [3.05, 3.63) is 61.9 Å². The van der Waals surface area contributed by atoms with Gasteiger partial charge < -0.3 is 4.98 Å². The van der Waals surface area contributed by atoms with Gasteiger partial charge in [-0.1, -0.05) is 23.7 Å². The average molecular weight is 251 g/mol. The number of H-pyrrole nitrogens is 1. The van der Waals surface area contributed by atoms with Crippen molar-refractivity contribution in [1.82, 2.24) is 4.98 Å². The van der Waals surface area contributed by atoms with Crippen molar-refractivity contribution in [3.63, 3.8) is 0 Å². The first kappa shape index (κ1) is 11.3. The molecule has 86 valence electrons. The summed E-state index contributed by atoms with van der Waals surface area (Å²) in [4.78, 5) is 24.0. The minimum Gasteiger partial charge on any atom is -0.321 e. The number of nitrogens with one attached hydrogen (secondary N) is 1. The van der Waals surface area contributed by atoms with Crippen molar-refractivity contribution < 1.29 is 4.92 Å². The Bertz CT molecular complexity index is 637. The fourth-order valence-electron chi connectivity index (χ4n) is 1.41. The molecule has 0 saturated carbocycles. The fourth-order valence-corrected chi connectivity index (χ4v) is 1.52. The van der Waals surface area contributed by atoms with Crippen LogP contribution >= 0.6 is 11.6 Å². The third-order valence-electron chi connectivity index (χ3n) is 2.23. The molecule has 5 nitrogen and oxygen atoms in total. The lowest BCUT2D eigenvalue weighted by Crippen LogP contribution is -2.06. The van der Waals surface area contributed by atoms with Crippen LogP contribution < -0.4 is 5.56 Å². The molecule has 0 spiro atoms. The number of non-ortho nitro benzene ring substituents is 1. The van der Waals surface area contributed by atoms with Crippen molar-refractivity contribution >= 4 is 17.3 Å². The highest BCUT2D eigenvalue weighted by Gasteiger charge is 2.08. The summed E-state index contributed by atoms with van der Waals surface area (Å²) in [5.41, 5.74) is 0.602. The van der Waals surface area contributed by atoms with Crippen molar-refractivity contribution in [2.45, 2.75) is 0 Å². The van der Waals surface area contributed by atoms with Crippen LogP contribution in [0.5, 0.6) is 0 Å². The number of aromatic amines is 1. The first-order valence-electron chi connectivity index (χ1n) is 4.71. The maximum Gasteiger partial charge on any atom is 0.270 e. The van der Waals surface area contributed by atoms with Gasteiger partial charge in [-0.05, 0) is 12.1 Å². The molecule has 0 aliphatic carbocycles. The number of nitro benzene ring substituents is 1. The molecule has 1 N–H and O–H groups in total. The van der Waals surface area contributed by atoms with Crippen LogP contribution in [0.25, 0.3) is 11.3 Å². The molecule has 2 rings (SSSR count). The molecular formula is C11H7ClN2O3. The number of hydrogen-bond donors (Lipinski definition) is 1. The third-order valence-corrected chi connectivity index (χ3v) is 2.53. The Kier molecular flexibility index (Phi) is 2.93. The summed E-state index contributed by atoms with van der Waals surface area (Å²) in [6, 6.07) is 9.06. The van der Waals surface area contributed by atoms with Crippen LogP contribution in [0.15, 0.2) is 41.2 Å². The van der Waals surface area contributed by atoms with Gasteiger partial charge in [-0.3, -0.25) is 14.9 Å². The van der Waals surface area contributed by atoms with Crippen LogP contribution in [0.1, 0.15) is 0 Å². The number of halogens is 1. The van der Waals surface area contributed by atoms with E-state index in [1.807, 2.05) is 0 Å². The van der Waals surface area contributed by atoms with E-state index in [1.54, 1.807) is 18.2 Å². The van der Waals surface area contributed by atoms with E-state index in [-0.39, 0.29) is 10.7 Å². The average Bonchev–Trinajstić information content (AvgIpc) is 2.33. The summed E-state index contributed by atoms with van der Waals surface area (Å²) in [6.45, 7) is 0. The van der Waals surface area contributed by atoms with Gasteiger partial charge in [-0.25, -0.2) is 0 Å². The summed E-state index contributed by atoms with van der Waals surface area (Å²) in [5.74, 6) is 0. The number of hydrogen-bond acceptors (Lipinski definition) is 3. The molecule has 1 heterocycles. The third kappa shape index (κ3) is 2.34. The number of aromatic nitrogens is 1. The number of pyridine rings is 1. The molecule has 0 bridgehead atoms. The highest BCUT2D eigenvalue weighted by molar-refractivity contribution is 6.30. The van der Waals surface area contributed by atoms with Crippen LogP contribution in [-0.2, 0) is 0 Å². The number of nitrogens with zero attached hydrogens (tertiary/aromatic N) is 1. The second-order valence-corrected chi connectivity index (χ2v) is 3.76. The molecule has 1 aromatic carbocycles. The summed E-state index contributed by atoms with van der Waals surface area (Å²) in [5, 5.41) is 10.7. The molecule has 0 saturated heterocycles. The SMILES string of the molecule is O=c1[nH]c(-c2cccc([N+](=O)[O-])c2)ccc1Cl. The monoisotopic (exact) mass is 250 g/mol. The Morgan fingerprint density at radius 2 is 2.00 bits per heavy atom. The van der Waals surface area contributed by atoms with Crippen molar-refractivity contribution in [3.8, 4) is 11.3 Å². The van der Waals surface area contributed by atoms with Crippen LogP contribution in [0, 0.1) is 10.1 Å². The second kappa shape index (κ2) is 4.39. The zero-order valence-corrected chi connectivity index (χ0v) is 9.27. The molecule has 0 fully saturated rings. The van der Waals surface area contributed by atoms with E-state index in [0.717, 1.165) is 0 Å². The van der Waals surface area contributed by atoms with E-state index in [4.69, 9.17) is 11.6 Å². The number of nitro groups is 1. The smallest absolute Gasteiger partial charge is 0.270 e. The zero-order valence-electron chi connectivity index (χ0n) is 8.51. The topological polar surface area (TPSA) is 76.0 Å². The maximum absolute atomic E-state index is 11.3. The largest absolute Gasteiger partial charge is 0.321 e. The second-order valence-electron chi connectivity index (χ2n) is 3.36. The van der Waals surface area contributed by atoms with Crippen LogP contribution in [0.4, 0.5) is 5.69 Å². The maximum atomic E-state index is 11.3. The summed E-state index contributed by atoms with van der Waals surface area (Å²) in [7, 11) is 0. The zero-order chi connectivity index (χ0) is 12.4. The van der Waals surface area contributed by atoms with E-state index in [0.29, 0.717) is 11.3 Å². The molecule has 1 aromatic heterocycles. The van der Waals surface area contributed by atoms with Gasteiger partial charge in [0.25, 0.3) is 11.2 Å². The normalized spacial score (nSPS) is 10.2. The van der Waals surface area contributed by atoms with E-state index < -0.39 is 10.5 Å². The van der Waals surface area contributed by atoms with Crippen LogP contribution in [0.2, 0.25) is 5.02 Å². The Labute approximate surface area is 101 Å². The lowest BCUT2D eigenvalue weighted by Gasteiger charge is -2.01. The minimum absolute atomic E-state index is 0.0294. The molecule has 0 radical (unpaired) electrons. The molecule has 0 unspecified atom stereocenters. The lowest BCUT2D eigenvalue weighted by molar-refractivity contribution is -0.384. The van der Waals surface area contributed by atoms with Gasteiger partial charge in [-0.2, -0.15) is 0 Å². The van der Waals surface area contributed by atoms with Gasteiger partial charge in [0.15, 0.2) is 0 Å². The summed E-state index contributed by atoms with van der Waals surface area (Å²) < 4.78 is 0. The standard InChI is InChI=1S/C11H7ClN2O3/c12-9-4-5-10(13-11(9)15)7-2-1-3-8(6-7)14(16)17/h1-6H,(H,13,15). The Morgan fingerprint density at radius 1 is 1.24 bits per heavy atom. The molecule has 0 atom stereocenters. The van der Waals surface area contributed by atoms with Crippen LogP contribution in [-0.4, -0.2) is 9.91 Å². The predicted molar refractivity (Wildman–Crippen MR) is 64.2 cm³/mol. The molecule has 17 heavy (non-hydrogen) atoms. The molecule has 6 heteroatoms. The molecule has 2 aromatic rings. The molecular weight excluding hydrogens is 244 g/mol. The minimum atomic E-state index is -0.489.